The molecule has 5 aromatic carbocycles. The minimum atomic E-state index is -0.530. The monoisotopic (exact) mass is 622 g/mol. The van der Waals surface area contributed by atoms with E-state index in [9.17, 15) is 10.1 Å². The molecule has 0 aliphatic heterocycles. The number of nitrogens with one attached hydrogen (secondary N) is 1. The van der Waals surface area contributed by atoms with E-state index in [-0.39, 0.29) is 5.57 Å². The summed E-state index contributed by atoms with van der Waals surface area (Å²) in [4.78, 5) is 13.0. The highest BCUT2D eigenvalue weighted by Gasteiger charge is 2.13. The third-order valence-electron chi connectivity index (χ3n) is 6.36. The number of hydrogen-bond acceptors (Lipinski definition) is 4. The first-order chi connectivity index (χ1) is 20.0. The van der Waals surface area contributed by atoms with E-state index in [2.05, 4.69) is 39.4 Å². The molecule has 0 saturated carbocycles. The van der Waals surface area contributed by atoms with Gasteiger partial charge in [0, 0.05) is 26.3 Å². The molecule has 5 nitrogen and oxygen atoms in total. The Kier molecular flexibility index (Phi) is 9.00. The van der Waals surface area contributed by atoms with Crippen molar-refractivity contribution in [2.75, 3.05) is 5.32 Å². The summed E-state index contributed by atoms with van der Waals surface area (Å²) in [6, 6.07) is 36.1. The highest BCUT2D eigenvalue weighted by atomic mass is 79.9. The predicted molar refractivity (Wildman–Crippen MR) is 167 cm³/mol. The molecule has 0 spiro atoms. The summed E-state index contributed by atoms with van der Waals surface area (Å²) in [6.07, 6.45) is 1.53. The molecule has 5 aromatic rings. The van der Waals surface area contributed by atoms with Gasteiger partial charge < -0.3 is 14.8 Å². The van der Waals surface area contributed by atoms with Gasteiger partial charge in [-0.25, -0.2) is 0 Å². The van der Waals surface area contributed by atoms with Gasteiger partial charge in [-0.05, 0) is 70.9 Å². The smallest absolute Gasteiger partial charge is 0.266 e. The Hall–Kier alpha value is -4.57. The largest absolute Gasteiger partial charge is 0.489 e. The summed E-state index contributed by atoms with van der Waals surface area (Å²) in [5.74, 6) is 0.653. The van der Waals surface area contributed by atoms with Crippen molar-refractivity contribution in [1.82, 2.24) is 0 Å². The Bertz CT molecular complexity index is 1770. The van der Waals surface area contributed by atoms with Crippen LogP contribution >= 0.6 is 27.5 Å². The van der Waals surface area contributed by atoms with Crippen molar-refractivity contribution in [1.29, 1.82) is 5.26 Å². The van der Waals surface area contributed by atoms with E-state index in [1.165, 1.54) is 6.08 Å². The number of fused-ring (bicyclic) bond motifs is 1. The van der Waals surface area contributed by atoms with E-state index >= 15 is 0 Å². The predicted octanol–water partition coefficient (Wildman–Crippen LogP) is 8.96. The van der Waals surface area contributed by atoms with E-state index in [1.54, 1.807) is 24.3 Å². The SMILES string of the molecule is N#C/C(=C\c1cc(Br)ccc1OCc1cccc2ccccc12)C(=O)Nc1ccc(OCc2ccccc2Cl)cc1. The van der Waals surface area contributed by atoms with Crippen LogP contribution in [0.15, 0.2) is 119 Å². The minimum absolute atomic E-state index is 0.0582. The second kappa shape index (κ2) is 13.2. The maximum absolute atomic E-state index is 13.0. The first-order valence-electron chi connectivity index (χ1n) is 12.8. The highest BCUT2D eigenvalue weighted by Crippen LogP contribution is 2.28. The molecule has 0 heterocycles. The van der Waals surface area contributed by atoms with Crippen LogP contribution in [0, 0.1) is 11.3 Å². The summed E-state index contributed by atoms with van der Waals surface area (Å²) in [5.41, 5.74) is 3.00. The van der Waals surface area contributed by atoms with Crippen molar-refractivity contribution in [3.05, 3.63) is 141 Å². The minimum Gasteiger partial charge on any atom is -0.489 e. The zero-order chi connectivity index (χ0) is 28.6. The molecule has 41 heavy (non-hydrogen) atoms. The van der Waals surface area contributed by atoms with Crippen LogP contribution in [0.5, 0.6) is 11.5 Å². The Morgan fingerprint density at radius 1 is 0.854 bits per heavy atom. The van der Waals surface area contributed by atoms with E-state index in [0.717, 1.165) is 26.4 Å². The fourth-order valence-corrected chi connectivity index (χ4v) is 4.82. The van der Waals surface area contributed by atoms with Gasteiger partial charge in [0.15, 0.2) is 0 Å². The molecule has 0 fully saturated rings. The van der Waals surface area contributed by atoms with Crippen LogP contribution in [-0.4, -0.2) is 5.91 Å². The van der Waals surface area contributed by atoms with Gasteiger partial charge in [-0.15, -0.1) is 0 Å². The van der Waals surface area contributed by atoms with Crippen LogP contribution in [0.25, 0.3) is 16.8 Å². The Balaban J connectivity index is 1.28. The Labute approximate surface area is 251 Å². The van der Waals surface area contributed by atoms with Crippen LogP contribution in [-0.2, 0) is 18.0 Å². The molecule has 1 amide bonds. The number of halogens is 2. The lowest BCUT2D eigenvalue weighted by molar-refractivity contribution is -0.112. The molecule has 7 heteroatoms. The maximum atomic E-state index is 13.0. The Morgan fingerprint density at radius 2 is 1.56 bits per heavy atom. The van der Waals surface area contributed by atoms with Crippen molar-refractivity contribution in [2.45, 2.75) is 13.2 Å². The van der Waals surface area contributed by atoms with E-state index in [1.807, 2.05) is 72.8 Å². The van der Waals surface area contributed by atoms with Gasteiger partial charge in [0.1, 0.15) is 36.4 Å². The summed E-state index contributed by atoms with van der Waals surface area (Å²) in [7, 11) is 0. The lowest BCUT2D eigenvalue weighted by Crippen LogP contribution is -2.13. The van der Waals surface area contributed by atoms with Gasteiger partial charge in [0.2, 0.25) is 0 Å². The number of benzene rings is 5. The number of nitrogens with zero attached hydrogens (tertiary/aromatic N) is 1. The summed E-state index contributed by atoms with van der Waals surface area (Å²) in [6.45, 7) is 0.660. The topological polar surface area (TPSA) is 71.3 Å². The number of rotatable bonds is 9. The number of anilines is 1. The van der Waals surface area contributed by atoms with Gasteiger partial charge in [-0.1, -0.05) is 88.2 Å². The zero-order valence-electron chi connectivity index (χ0n) is 21.8. The molecule has 5 rings (SSSR count). The average Bonchev–Trinajstić information content (AvgIpc) is 2.99. The van der Waals surface area contributed by atoms with Crippen molar-refractivity contribution < 1.29 is 14.3 Å². The molecule has 202 valence electrons. The number of carbonyl (C=O) groups is 1. The fraction of sp³-hybridized carbons (Fsp3) is 0.0588. The first-order valence-corrected chi connectivity index (χ1v) is 14.0. The van der Waals surface area contributed by atoms with Crippen LogP contribution < -0.4 is 14.8 Å². The quantitative estimate of drug-likeness (QED) is 0.131. The average molecular weight is 624 g/mol. The summed E-state index contributed by atoms with van der Waals surface area (Å²) >= 11 is 9.67. The molecule has 0 aliphatic rings. The summed E-state index contributed by atoms with van der Waals surface area (Å²) in [5, 5.41) is 15.5. The molecule has 0 unspecified atom stereocenters. The highest BCUT2D eigenvalue weighted by molar-refractivity contribution is 9.10. The van der Waals surface area contributed by atoms with E-state index in [0.29, 0.717) is 41.0 Å². The Morgan fingerprint density at radius 3 is 2.37 bits per heavy atom. The second-order valence-electron chi connectivity index (χ2n) is 9.14. The van der Waals surface area contributed by atoms with Gasteiger partial charge in [0.05, 0.1) is 0 Å². The van der Waals surface area contributed by atoms with Gasteiger partial charge in [0.25, 0.3) is 5.91 Å². The van der Waals surface area contributed by atoms with Crippen LogP contribution in [0.3, 0.4) is 0 Å². The fourth-order valence-electron chi connectivity index (χ4n) is 4.25. The number of ether oxygens (including phenoxy) is 2. The third-order valence-corrected chi connectivity index (χ3v) is 7.23. The van der Waals surface area contributed by atoms with Crippen LogP contribution in [0.2, 0.25) is 5.02 Å². The van der Waals surface area contributed by atoms with Crippen molar-refractivity contribution >= 4 is 56.0 Å². The number of hydrogen-bond donors (Lipinski definition) is 1. The summed E-state index contributed by atoms with van der Waals surface area (Å²) < 4.78 is 12.8. The lowest BCUT2D eigenvalue weighted by Gasteiger charge is -2.12. The normalized spacial score (nSPS) is 11.1. The molecule has 0 aliphatic carbocycles. The molecule has 0 atom stereocenters. The molecular weight excluding hydrogens is 600 g/mol. The molecule has 0 radical (unpaired) electrons. The van der Waals surface area contributed by atoms with Gasteiger partial charge >= 0.3 is 0 Å². The molecular formula is C34H24BrClN2O3. The standard InChI is InChI=1S/C34H24BrClN2O3/c35-28-12-17-33(41-21-24-9-5-8-23-6-1-3-10-31(23)24)26(19-28)18-27(20-37)34(39)38-29-13-15-30(16-14-29)40-22-25-7-2-4-11-32(25)36/h1-19H,21-22H2,(H,38,39)/b27-18+. The van der Waals surface area contributed by atoms with Crippen molar-refractivity contribution in [3.63, 3.8) is 0 Å². The zero-order valence-corrected chi connectivity index (χ0v) is 24.2. The number of nitriles is 1. The van der Waals surface area contributed by atoms with Crippen molar-refractivity contribution in [3.8, 4) is 17.6 Å². The second-order valence-corrected chi connectivity index (χ2v) is 10.5. The molecule has 0 saturated heterocycles. The van der Waals surface area contributed by atoms with Crippen LogP contribution in [0.4, 0.5) is 5.69 Å². The van der Waals surface area contributed by atoms with E-state index in [4.69, 9.17) is 21.1 Å². The van der Waals surface area contributed by atoms with E-state index < -0.39 is 5.91 Å². The lowest BCUT2D eigenvalue weighted by atomic mass is 10.1. The molecule has 0 aromatic heterocycles. The number of amides is 1. The maximum Gasteiger partial charge on any atom is 0.266 e. The van der Waals surface area contributed by atoms with Crippen LogP contribution in [0.1, 0.15) is 16.7 Å². The van der Waals surface area contributed by atoms with Gasteiger partial charge in [-0.3, -0.25) is 4.79 Å². The first kappa shape index (κ1) is 28.0. The third kappa shape index (κ3) is 7.15. The molecule has 0 bridgehead atoms. The number of carbonyl (C=O) groups excluding carboxylic acids is 1. The molecule has 1 N–H and O–H groups in total. The van der Waals surface area contributed by atoms with Gasteiger partial charge in [-0.2, -0.15) is 5.26 Å². The van der Waals surface area contributed by atoms with Crippen molar-refractivity contribution in [2.24, 2.45) is 0 Å².